The van der Waals surface area contributed by atoms with Crippen LogP contribution in [0.4, 0.5) is 0 Å². The Balaban J connectivity index is 1.49. The minimum Gasteiger partial charge on any atom is -0.462 e. The maximum atomic E-state index is 12.6. The Hall–Kier alpha value is -2.00. The van der Waals surface area contributed by atoms with Crippen molar-refractivity contribution < 1.29 is 38.4 Å². The highest BCUT2D eigenvalue weighted by molar-refractivity contribution is 5.73. The summed E-state index contributed by atoms with van der Waals surface area (Å²) in [5.41, 5.74) is 0.797. The summed E-state index contributed by atoms with van der Waals surface area (Å²) >= 11 is 0. The summed E-state index contributed by atoms with van der Waals surface area (Å²) < 4.78 is 29.8. The predicted molar refractivity (Wildman–Crippen MR) is 122 cm³/mol. The highest BCUT2D eigenvalue weighted by Gasteiger charge is 2.58. The number of benzene rings is 1. The van der Waals surface area contributed by atoms with Gasteiger partial charge in [0.25, 0.3) is 0 Å². The first-order chi connectivity index (χ1) is 16.3. The van der Waals surface area contributed by atoms with Crippen molar-refractivity contribution >= 4 is 11.9 Å². The lowest BCUT2D eigenvalue weighted by atomic mass is 9.77. The molecule has 5 atom stereocenters. The predicted octanol–water partition coefficient (Wildman–Crippen LogP) is 3.28. The molecule has 3 aliphatic heterocycles. The topological polar surface area (TPSA) is 101 Å². The Kier molecular flexibility index (Phi) is 7.92. The van der Waals surface area contributed by atoms with Gasteiger partial charge >= 0.3 is 11.9 Å². The fraction of sp³-hybridized carbons (Fsp3) is 0.692. The number of ether oxygens (including phenoxy) is 5. The van der Waals surface area contributed by atoms with Gasteiger partial charge in [-0.3, -0.25) is 9.59 Å². The Labute approximate surface area is 200 Å². The van der Waals surface area contributed by atoms with Crippen LogP contribution in [0.15, 0.2) is 30.3 Å². The number of aryl methyl sites for hydroxylation is 1. The molecule has 0 aromatic heterocycles. The number of cyclic esters (lactones) is 1. The van der Waals surface area contributed by atoms with Gasteiger partial charge in [-0.15, -0.1) is 0 Å². The Morgan fingerprint density at radius 1 is 0.971 bits per heavy atom. The molecule has 34 heavy (non-hydrogen) atoms. The second-order valence-corrected chi connectivity index (χ2v) is 10.2. The maximum Gasteiger partial charge on any atom is 0.311 e. The van der Waals surface area contributed by atoms with Crippen molar-refractivity contribution in [2.24, 2.45) is 5.41 Å². The van der Waals surface area contributed by atoms with E-state index in [0.717, 1.165) is 25.7 Å². The van der Waals surface area contributed by atoms with Crippen LogP contribution in [0, 0.1) is 5.41 Å². The van der Waals surface area contributed by atoms with Gasteiger partial charge in [0.05, 0.1) is 32.2 Å². The number of hydrogen-bond donors (Lipinski definition) is 1. The van der Waals surface area contributed by atoms with Crippen molar-refractivity contribution in [1.29, 1.82) is 0 Å². The average molecular weight is 477 g/mol. The summed E-state index contributed by atoms with van der Waals surface area (Å²) in [6.45, 7) is 3.88. The first-order valence-corrected chi connectivity index (χ1v) is 12.3. The number of carbonyl (C=O) groups is 2. The van der Waals surface area contributed by atoms with Gasteiger partial charge in [0.15, 0.2) is 12.1 Å². The van der Waals surface area contributed by atoms with Crippen molar-refractivity contribution in [1.82, 2.24) is 0 Å². The van der Waals surface area contributed by atoms with Gasteiger partial charge in [-0.25, -0.2) is 0 Å². The normalized spacial score (nSPS) is 33.7. The fourth-order valence-electron chi connectivity index (χ4n) is 5.02. The van der Waals surface area contributed by atoms with E-state index < -0.39 is 48.2 Å². The molecule has 0 unspecified atom stereocenters. The van der Waals surface area contributed by atoms with E-state index in [1.165, 1.54) is 5.56 Å². The van der Waals surface area contributed by atoms with E-state index in [0.29, 0.717) is 19.4 Å². The first kappa shape index (κ1) is 25.1. The van der Waals surface area contributed by atoms with Crippen LogP contribution in [0.25, 0.3) is 0 Å². The van der Waals surface area contributed by atoms with Crippen molar-refractivity contribution in [3.05, 3.63) is 35.9 Å². The molecule has 188 valence electrons. The number of carbonyl (C=O) groups excluding carboxylic acids is 2. The average Bonchev–Trinajstić information content (AvgIpc) is 2.79. The molecule has 3 fully saturated rings. The van der Waals surface area contributed by atoms with E-state index >= 15 is 0 Å². The monoisotopic (exact) mass is 476 g/mol. The van der Waals surface area contributed by atoms with Crippen LogP contribution >= 0.6 is 0 Å². The fourth-order valence-corrected chi connectivity index (χ4v) is 5.02. The van der Waals surface area contributed by atoms with E-state index in [9.17, 15) is 14.7 Å². The van der Waals surface area contributed by atoms with E-state index in [2.05, 4.69) is 24.3 Å². The second-order valence-electron chi connectivity index (χ2n) is 10.2. The van der Waals surface area contributed by atoms with Gasteiger partial charge in [0.1, 0.15) is 12.2 Å². The van der Waals surface area contributed by atoms with Crippen molar-refractivity contribution in [2.75, 3.05) is 13.2 Å². The van der Waals surface area contributed by atoms with Gasteiger partial charge in [0.2, 0.25) is 0 Å². The molecule has 8 nitrogen and oxygen atoms in total. The molecule has 0 aliphatic carbocycles. The van der Waals surface area contributed by atoms with Crippen LogP contribution < -0.4 is 0 Å². The van der Waals surface area contributed by atoms with Crippen LogP contribution in [0.3, 0.4) is 0 Å². The Morgan fingerprint density at radius 3 is 2.50 bits per heavy atom. The van der Waals surface area contributed by atoms with Crippen molar-refractivity contribution in [3.8, 4) is 0 Å². The zero-order chi connectivity index (χ0) is 24.2. The Morgan fingerprint density at radius 2 is 1.74 bits per heavy atom. The molecule has 3 heterocycles. The third-order valence-corrected chi connectivity index (χ3v) is 6.97. The zero-order valence-electron chi connectivity index (χ0n) is 20.1. The van der Waals surface area contributed by atoms with Crippen LogP contribution in [0.1, 0.15) is 64.4 Å². The standard InChI is InChI=1S/C26H36O8/c1-25(2)17-30-24-14-23(29)32-21(16-27)13-22(28)31-20-12-19(33-26(25,15-20)34-24)11-7-6-10-18-8-4-3-5-9-18/h3-5,8-9,19-21,24,27H,6-7,10-17H2,1-2H3/t19-,20-,21-,24+,26+/m1/s1. The number of aliphatic hydroxyl groups is 1. The van der Waals surface area contributed by atoms with Crippen LogP contribution in [-0.4, -0.2) is 60.6 Å². The lowest BCUT2D eigenvalue weighted by Gasteiger charge is -2.55. The van der Waals surface area contributed by atoms with Crippen molar-refractivity contribution in [3.63, 3.8) is 0 Å². The minimum atomic E-state index is -1.04. The highest BCUT2D eigenvalue weighted by Crippen LogP contribution is 2.49. The number of fused-ring (bicyclic) bond motifs is 2. The van der Waals surface area contributed by atoms with E-state index in [-0.39, 0.29) is 18.9 Å². The third-order valence-electron chi connectivity index (χ3n) is 6.97. The molecular weight excluding hydrogens is 440 g/mol. The molecule has 8 heteroatoms. The molecule has 1 aromatic rings. The number of hydrogen-bond acceptors (Lipinski definition) is 8. The highest BCUT2D eigenvalue weighted by atomic mass is 16.8. The molecule has 3 aliphatic rings. The largest absolute Gasteiger partial charge is 0.462 e. The van der Waals surface area contributed by atoms with Gasteiger partial charge in [-0.1, -0.05) is 50.6 Å². The summed E-state index contributed by atoms with van der Waals surface area (Å²) in [4.78, 5) is 25.0. The summed E-state index contributed by atoms with van der Waals surface area (Å²) in [5, 5.41) is 9.53. The summed E-state index contributed by atoms with van der Waals surface area (Å²) in [5.74, 6) is -2.14. The molecule has 3 saturated heterocycles. The smallest absolute Gasteiger partial charge is 0.311 e. The summed E-state index contributed by atoms with van der Waals surface area (Å²) in [6, 6.07) is 10.4. The van der Waals surface area contributed by atoms with Gasteiger partial charge in [0, 0.05) is 18.3 Å². The van der Waals surface area contributed by atoms with Crippen LogP contribution in [0.2, 0.25) is 0 Å². The SMILES string of the molecule is CC1(C)CO[C@@H]2CC(=O)O[C@@H](CO)CC(=O)O[C@@H]3C[C@@H](CCCCc4ccccc4)O[C@@]1(C3)O2. The van der Waals surface area contributed by atoms with E-state index in [1.54, 1.807) is 0 Å². The lowest BCUT2D eigenvalue weighted by molar-refractivity contribution is -0.422. The third kappa shape index (κ3) is 5.97. The first-order valence-electron chi connectivity index (χ1n) is 12.3. The number of esters is 2. The summed E-state index contributed by atoms with van der Waals surface area (Å²) in [7, 11) is 0. The minimum absolute atomic E-state index is 0.140. The van der Waals surface area contributed by atoms with Gasteiger partial charge < -0.3 is 28.8 Å². The van der Waals surface area contributed by atoms with Crippen molar-refractivity contribution in [2.45, 2.75) is 95.6 Å². The second kappa shape index (κ2) is 10.7. The van der Waals surface area contributed by atoms with Crippen LogP contribution in [0.5, 0.6) is 0 Å². The molecule has 0 saturated carbocycles. The molecule has 0 amide bonds. The number of rotatable bonds is 6. The van der Waals surface area contributed by atoms with E-state index in [4.69, 9.17) is 23.7 Å². The summed E-state index contributed by atoms with van der Waals surface area (Å²) in [6.07, 6.45) is 2.11. The maximum absolute atomic E-state index is 12.6. The van der Waals surface area contributed by atoms with Gasteiger partial charge in [-0.05, 0) is 24.8 Å². The molecule has 4 rings (SSSR count). The molecule has 0 radical (unpaired) electrons. The Bertz CT molecular complexity index is 836. The molecule has 1 spiro atoms. The lowest BCUT2D eigenvalue weighted by Crippen LogP contribution is -2.63. The van der Waals surface area contributed by atoms with E-state index in [1.807, 2.05) is 19.9 Å². The van der Waals surface area contributed by atoms with Gasteiger partial charge in [-0.2, -0.15) is 0 Å². The zero-order valence-corrected chi connectivity index (χ0v) is 20.1. The molecular formula is C26H36O8. The number of aliphatic hydroxyl groups excluding tert-OH is 1. The molecule has 3 bridgehead atoms. The quantitative estimate of drug-likeness (QED) is 0.493. The molecule has 1 N–H and O–H groups in total. The number of unbranched alkanes of at least 4 members (excludes halogenated alkanes) is 1. The molecule has 1 aromatic carbocycles. The van der Waals surface area contributed by atoms with Crippen LogP contribution in [-0.2, 0) is 39.7 Å².